The maximum Gasteiger partial charge on any atom is 0.238 e. The van der Waals surface area contributed by atoms with E-state index in [0.29, 0.717) is 0 Å². The molecule has 1 atom stereocenters. The molecule has 1 unspecified atom stereocenters. The maximum absolute atomic E-state index is 11.3. The summed E-state index contributed by atoms with van der Waals surface area (Å²) in [6.07, 6.45) is 1.71. The minimum absolute atomic E-state index is 0.0895. The van der Waals surface area contributed by atoms with Gasteiger partial charge in [-0.3, -0.25) is 10.3 Å². The highest BCUT2D eigenvalue weighted by molar-refractivity contribution is 7.89. The second-order valence-corrected chi connectivity index (χ2v) is 7.67. The summed E-state index contributed by atoms with van der Waals surface area (Å²) in [5, 5.41) is 5.12. The topological polar surface area (TPSA) is 81.4 Å². The van der Waals surface area contributed by atoms with Gasteiger partial charge in [0.05, 0.1) is 10.6 Å². The van der Waals surface area contributed by atoms with Crippen molar-refractivity contribution >= 4 is 15.7 Å². The Balaban J connectivity index is 1.92. The fourth-order valence-electron chi connectivity index (χ4n) is 3.10. The van der Waals surface area contributed by atoms with Crippen molar-refractivity contribution in [3.8, 4) is 0 Å². The Morgan fingerprint density at radius 3 is 2.17 bits per heavy atom. The van der Waals surface area contributed by atoms with Gasteiger partial charge >= 0.3 is 0 Å². The summed E-state index contributed by atoms with van der Waals surface area (Å²) < 4.78 is 22.7. The molecule has 0 bridgehead atoms. The van der Waals surface area contributed by atoms with Crippen molar-refractivity contribution in [2.24, 2.45) is 5.14 Å². The fraction of sp³-hybridized carbons (Fsp3) is 0.222. The molecule has 1 aliphatic rings. The zero-order valence-corrected chi connectivity index (χ0v) is 14.6. The lowest BCUT2D eigenvalue weighted by atomic mass is 9.96. The van der Waals surface area contributed by atoms with Crippen LogP contribution in [0.4, 0.5) is 0 Å². The van der Waals surface area contributed by atoms with Crippen LogP contribution in [0.15, 0.2) is 47.4 Å². The number of aryl methyl sites for hydroxylation is 3. The Morgan fingerprint density at radius 2 is 1.62 bits per heavy atom. The molecule has 1 heterocycles. The SMILES string of the molecule is Cc1cc(C)c(C2=CC(c3ccc(S(N)(=O)=O)cc3)ON2)c(C)c1. The molecule has 3 N–H and O–H groups in total. The van der Waals surface area contributed by atoms with Crippen molar-refractivity contribution in [1.82, 2.24) is 5.48 Å². The van der Waals surface area contributed by atoms with Crippen LogP contribution in [-0.2, 0) is 14.9 Å². The van der Waals surface area contributed by atoms with Crippen LogP contribution < -0.4 is 10.6 Å². The van der Waals surface area contributed by atoms with Crippen LogP contribution in [0, 0.1) is 20.8 Å². The van der Waals surface area contributed by atoms with Crippen molar-refractivity contribution in [3.63, 3.8) is 0 Å². The number of hydrogen-bond acceptors (Lipinski definition) is 4. The normalized spacial score (nSPS) is 17.5. The van der Waals surface area contributed by atoms with E-state index in [1.54, 1.807) is 12.1 Å². The molecule has 0 aromatic heterocycles. The highest BCUT2D eigenvalue weighted by Gasteiger charge is 2.22. The van der Waals surface area contributed by atoms with E-state index in [0.717, 1.165) is 16.8 Å². The van der Waals surface area contributed by atoms with Crippen molar-refractivity contribution in [1.29, 1.82) is 0 Å². The minimum atomic E-state index is -3.68. The van der Waals surface area contributed by atoms with E-state index in [1.807, 2.05) is 6.08 Å². The molecule has 126 valence electrons. The summed E-state index contributed by atoms with van der Waals surface area (Å²) in [6.45, 7) is 6.23. The zero-order valence-electron chi connectivity index (χ0n) is 13.8. The summed E-state index contributed by atoms with van der Waals surface area (Å²) in [5.74, 6) is 0. The summed E-state index contributed by atoms with van der Waals surface area (Å²) in [7, 11) is -3.68. The number of benzene rings is 2. The van der Waals surface area contributed by atoms with Crippen LogP contribution in [-0.4, -0.2) is 8.42 Å². The lowest BCUT2D eigenvalue weighted by molar-refractivity contribution is 0.0510. The molecule has 0 saturated heterocycles. The van der Waals surface area contributed by atoms with Crippen molar-refractivity contribution in [2.75, 3.05) is 0 Å². The molecule has 0 radical (unpaired) electrons. The average molecular weight is 344 g/mol. The fourth-order valence-corrected chi connectivity index (χ4v) is 3.61. The van der Waals surface area contributed by atoms with Crippen molar-refractivity contribution < 1.29 is 13.3 Å². The van der Waals surface area contributed by atoms with Crippen LogP contribution in [0.3, 0.4) is 0 Å². The summed E-state index contributed by atoms with van der Waals surface area (Å²) >= 11 is 0. The Bertz CT molecular complexity index is 893. The number of nitrogens with one attached hydrogen (secondary N) is 1. The van der Waals surface area contributed by atoms with Crippen LogP contribution in [0.5, 0.6) is 0 Å². The van der Waals surface area contributed by atoms with Gasteiger partial charge in [-0.1, -0.05) is 29.8 Å². The van der Waals surface area contributed by atoms with Gasteiger partial charge in [0.25, 0.3) is 0 Å². The Hall–Kier alpha value is -2.15. The molecule has 0 fully saturated rings. The van der Waals surface area contributed by atoms with Gasteiger partial charge in [-0.2, -0.15) is 0 Å². The van der Waals surface area contributed by atoms with Gasteiger partial charge < -0.3 is 0 Å². The Morgan fingerprint density at radius 1 is 1.04 bits per heavy atom. The van der Waals surface area contributed by atoms with Gasteiger partial charge in [0.2, 0.25) is 10.0 Å². The van der Waals surface area contributed by atoms with Gasteiger partial charge in [-0.05, 0) is 55.7 Å². The Kier molecular flexibility index (Phi) is 4.21. The standard InChI is InChI=1S/C18H20N2O3S/c1-11-8-12(2)18(13(3)9-11)16-10-17(23-20-16)14-4-6-15(7-5-14)24(19,21)22/h4-10,17,20H,1-3H3,(H2,19,21,22). The lowest BCUT2D eigenvalue weighted by Crippen LogP contribution is -2.12. The van der Waals surface area contributed by atoms with E-state index in [-0.39, 0.29) is 11.0 Å². The summed E-state index contributed by atoms with van der Waals surface area (Å²) in [6, 6.07) is 10.7. The first kappa shape index (κ1) is 16.7. The highest BCUT2D eigenvalue weighted by atomic mass is 32.2. The second kappa shape index (κ2) is 6.05. The molecule has 0 aliphatic carbocycles. The molecule has 0 amide bonds. The third-order valence-electron chi connectivity index (χ3n) is 4.10. The molecule has 3 rings (SSSR count). The summed E-state index contributed by atoms with van der Waals surface area (Å²) in [4.78, 5) is 5.74. The largest absolute Gasteiger partial charge is 0.266 e. The first-order valence-electron chi connectivity index (χ1n) is 7.60. The molecule has 1 aliphatic heterocycles. The predicted molar refractivity (Wildman–Crippen MR) is 93.4 cm³/mol. The van der Waals surface area contributed by atoms with E-state index in [2.05, 4.69) is 38.4 Å². The molecular weight excluding hydrogens is 324 g/mol. The van der Waals surface area contributed by atoms with E-state index < -0.39 is 10.0 Å². The maximum atomic E-state index is 11.3. The van der Waals surface area contributed by atoms with E-state index in [4.69, 9.17) is 9.98 Å². The number of sulfonamides is 1. The van der Waals surface area contributed by atoms with Crippen LogP contribution >= 0.6 is 0 Å². The molecule has 24 heavy (non-hydrogen) atoms. The first-order valence-corrected chi connectivity index (χ1v) is 9.15. The number of hydroxylamine groups is 1. The quantitative estimate of drug-likeness (QED) is 0.897. The number of nitrogens with two attached hydrogens (primary N) is 1. The molecule has 5 nitrogen and oxygen atoms in total. The monoisotopic (exact) mass is 344 g/mol. The van der Waals surface area contributed by atoms with Crippen LogP contribution in [0.1, 0.15) is 33.9 Å². The highest BCUT2D eigenvalue weighted by Crippen LogP contribution is 2.32. The van der Waals surface area contributed by atoms with Crippen molar-refractivity contribution in [3.05, 3.63) is 70.3 Å². The second-order valence-electron chi connectivity index (χ2n) is 6.11. The molecule has 0 spiro atoms. The van der Waals surface area contributed by atoms with E-state index in [1.165, 1.54) is 28.8 Å². The Labute approximate surface area is 142 Å². The third kappa shape index (κ3) is 3.21. The van der Waals surface area contributed by atoms with Crippen molar-refractivity contribution in [2.45, 2.75) is 31.8 Å². The molecule has 0 saturated carbocycles. The number of primary sulfonamides is 1. The number of hydrogen-bond donors (Lipinski definition) is 2. The zero-order chi connectivity index (χ0) is 17.5. The minimum Gasteiger partial charge on any atom is -0.266 e. The van der Waals surface area contributed by atoms with Gasteiger partial charge in [0.15, 0.2) is 0 Å². The average Bonchev–Trinajstić information content (AvgIpc) is 2.95. The smallest absolute Gasteiger partial charge is 0.238 e. The van der Waals surface area contributed by atoms with E-state index >= 15 is 0 Å². The lowest BCUT2D eigenvalue weighted by Gasteiger charge is -2.12. The summed E-state index contributed by atoms with van der Waals surface area (Å²) in [5.41, 5.74) is 9.48. The molecule has 2 aromatic rings. The van der Waals surface area contributed by atoms with Gasteiger partial charge in [-0.25, -0.2) is 13.6 Å². The number of rotatable bonds is 3. The van der Waals surface area contributed by atoms with Crippen LogP contribution in [0.2, 0.25) is 0 Å². The molecule has 6 heteroatoms. The van der Waals surface area contributed by atoms with Crippen LogP contribution in [0.25, 0.3) is 5.70 Å². The first-order chi connectivity index (χ1) is 11.3. The van der Waals surface area contributed by atoms with Gasteiger partial charge in [-0.15, -0.1) is 0 Å². The van der Waals surface area contributed by atoms with E-state index in [9.17, 15) is 8.42 Å². The van der Waals surface area contributed by atoms with Gasteiger partial charge in [0, 0.05) is 5.56 Å². The molecule has 2 aromatic carbocycles. The third-order valence-corrected chi connectivity index (χ3v) is 5.03. The predicted octanol–water partition coefficient (Wildman–Crippen LogP) is 2.88. The van der Waals surface area contributed by atoms with Gasteiger partial charge in [0.1, 0.15) is 6.10 Å². The molecular formula is C18H20N2O3S.